The fourth-order valence-electron chi connectivity index (χ4n) is 1.69. The molecule has 1 aromatic rings. The number of hydrogen-bond acceptors (Lipinski definition) is 3. The average Bonchev–Trinajstić information content (AvgIpc) is 2.33. The van der Waals surface area contributed by atoms with Crippen molar-refractivity contribution in [1.82, 2.24) is 9.88 Å². The predicted octanol–water partition coefficient (Wildman–Crippen LogP) is 2.64. The summed E-state index contributed by atoms with van der Waals surface area (Å²) in [6.07, 6.45) is 0. The number of pyridine rings is 1. The molecule has 0 aliphatic heterocycles. The highest BCUT2D eigenvalue weighted by atomic mass is 19.2. The Morgan fingerprint density at radius 1 is 1.22 bits per heavy atom. The van der Waals surface area contributed by atoms with Gasteiger partial charge in [0.15, 0.2) is 17.5 Å². The lowest BCUT2D eigenvalue weighted by atomic mass is 10.3. The molecule has 0 aliphatic carbocycles. The molecule has 0 saturated heterocycles. The standard InChI is InChI=1S/C12H18F3N3/c1-4-18(5-2)7-8(3)16-12-10(14)6-9(13)11(15)17-12/h6,8H,4-5,7H2,1-3H3,(H,16,17). The van der Waals surface area contributed by atoms with Crippen molar-refractivity contribution in [3.8, 4) is 0 Å². The Morgan fingerprint density at radius 2 is 1.83 bits per heavy atom. The van der Waals surface area contributed by atoms with Gasteiger partial charge >= 0.3 is 0 Å². The third-order valence-corrected chi connectivity index (χ3v) is 2.70. The van der Waals surface area contributed by atoms with Crippen molar-refractivity contribution < 1.29 is 13.2 Å². The van der Waals surface area contributed by atoms with Crippen molar-refractivity contribution in [3.63, 3.8) is 0 Å². The van der Waals surface area contributed by atoms with E-state index >= 15 is 0 Å². The molecule has 0 radical (unpaired) electrons. The Labute approximate surface area is 105 Å². The third kappa shape index (κ3) is 3.87. The molecule has 0 amide bonds. The maximum absolute atomic E-state index is 13.3. The van der Waals surface area contributed by atoms with Gasteiger partial charge in [0.25, 0.3) is 5.95 Å². The molecule has 102 valence electrons. The van der Waals surface area contributed by atoms with Crippen LogP contribution in [0, 0.1) is 17.6 Å². The van der Waals surface area contributed by atoms with E-state index in [1.807, 2.05) is 20.8 Å². The van der Waals surface area contributed by atoms with Gasteiger partial charge in [-0.25, -0.2) is 8.78 Å². The van der Waals surface area contributed by atoms with Gasteiger partial charge in [0.05, 0.1) is 0 Å². The van der Waals surface area contributed by atoms with Crippen molar-refractivity contribution in [3.05, 3.63) is 23.6 Å². The predicted molar refractivity (Wildman–Crippen MR) is 65.0 cm³/mol. The Bertz CT molecular complexity index is 394. The molecule has 0 aromatic carbocycles. The van der Waals surface area contributed by atoms with Crippen LogP contribution in [0.4, 0.5) is 19.0 Å². The lowest BCUT2D eigenvalue weighted by Crippen LogP contribution is -2.35. The highest BCUT2D eigenvalue weighted by Gasteiger charge is 2.14. The van der Waals surface area contributed by atoms with Crippen LogP contribution >= 0.6 is 0 Å². The number of nitrogens with one attached hydrogen (secondary N) is 1. The van der Waals surface area contributed by atoms with E-state index < -0.39 is 17.6 Å². The van der Waals surface area contributed by atoms with E-state index in [0.717, 1.165) is 13.1 Å². The van der Waals surface area contributed by atoms with E-state index in [1.54, 1.807) is 0 Å². The molecule has 6 heteroatoms. The minimum atomic E-state index is -1.30. The third-order valence-electron chi connectivity index (χ3n) is 2.70. The quantitative estimate of drug-likeness (QED) is 0.798. The fourth-order valence-corrected chi connectivity index (χ4v) is 1.69. The van der Waals surface area contributed by atoms with Gasteiger partial charge in [0, 0.05) is 18.7 Å². The number of likely N-dealkylation sites (N-methyl/N-ethyl adjacent to an activating group) is 1. The molecule has 18 heavy (non-hydrogen) atoms. The van der Waals surface area contributed by atoms with Gasteiger partial charge in [0.2, 0.25) is 0 Å². The van der Waals surface area contributed by atoms with Gasteiger partial charge in [-0.3, -0.25) is 0 Å². The monoisotopic (exact) mass is 261 g/mol. The maximum atomic E-state index is 13.3. The summed E-state index contributed by atoms with van der Waals surface area (Å²) in [7, 11) is 0. The van der Waals surface area contributed by atoms with Crippen LogP contribution in [0.3, 0.4) is 0 Å². The molecular weight excluding hydrogens is 243 g/mol. The molecule has 1 rings (SSSR count). The molecule has 0 aliphatic rings. The first-order valence-electron chi connectivity index (χ1n) is 5.98. The first-order chi connectivity index (χ1) is 8.47. The maximum Gasteiger partial charge on any atom is 0.251 e. The number of aromatic nitrogens is 1. The zero-order chi connectivity index (χ0) is 13.7. The molecule has 1 heterocycles. The van der Waals surface area contributed by atoms with Crippen LogP contribution in [-0.4, -0.2) is 35.6 Å². The SMILES string of the molecule is CCN(CC)CC(C)Nc1nc(F)c(F)cc1F. The lowest BCUT2D eigenvalue weighted by molar-refractivity contribution is 0.294. The first-order valence-corrected chi connectivity index (χ1v) is 5.98. The minimum absolute atomic E-state index is 0.114. The summed E-state index contributed by atoms with van der Waals surface area (Å²) >= 11 is 0. The van der Waals surface area contributed by atoms with Crippen LogP contribution in [0.2, 0.25) is 0 Å². The summed E-state index contributed by atoms with van der Waals surface area (Å²) in [5, 5.41) is 2.74. The smallest absolute Gasteiger partial charge is 0.251 e. The van der Waals surface area contributed by atoms with Gasteiger partial charge < -0.3 is 10.2 Å². The second-order valence-corrected chi connectivity index (χ2v) is 4.12. The van der Waals surface area contributed by atoms with E-state index in [-0.39, 0.29) is 11.9 Å². The van der Waals surface area contributed by atoms with Crippen molar-refractivity contribution in [2.75, 3.05) is 25.0 Å². The zero-order valence-electron chi connectivity index (χ0n) is 10.8. The topological polar surface area (TPSA) is 28.2 Å². The van der Waals surface area contributed by atoms with Crippen molar-refractivity contribution in [1.29, 1.82) is 0 Å². The van der Waals surface area contributed by atoms with Crippen LogP contribution < -0.4 is 5.32 Å². The zero-order valence-corrected chi connectivity index (χ0v) is 10.8. The second kappa shape index (κ2) is 6.58. The Morgan fingerprint density at radius 3 is 2.39 bits per heavy atom. The van der Waals surface area contributed by atoms with Crippen LogP contribution in [0.25, 0.3) is 0 Å². The number of anilines is 1. The molecule has 0 fully saturated rings. The molecular formula is C12H18F3N3. The van der Waals surface area contributed by atoms with Crippen LogP contribution in [0.15, 0.2) is 6.07 Å². The summed E-state index contributed by atoms with van der Waals surface area (Å²) in [5.41, 5.74) is 0. The summed E-state index contributed by atoms with van der Waals surface area (Å²) in [4.78, 5) is 5.36. The van der Waals surface area contributed by atoms with E-state index in [9.17, 15) is 13.2 Å². The molecule has 1 N–H and O–H groups in total. The molecule has 0 spiro atoms. The highest BCUT2D eigenvalue weighted by molar-refractivity contribution is 5.37. The molecule has 1 aromatic heterocycles. The van der Waals surface area contributed by atoms with Gasteiger partial charge in [-0.05, 0) is 20.0 Å². The molecule has 3 nitrogen and oxygen atoms in total. The summed E-state index contributed by atoms with van der Waals surface area (Å²) in [5.74, 6) is -3.72. The number of rotatable bonds is 6. The van der Waals surface area contributed by atoms with Gasteiger partial charge in [-0.15, -0.1) is 0 Å². The Balaban J connectivity index is 2.69. The van der Waals surface area contributed by atoms with Crippen LogP contribution in [0.5, 0.6) is 0 Å². The van der Waals surface area contributed by atoms with Crippen molar-refractivity contribution >= 4 is 5.82 Å². The normalized spacial score (nSPS) is 12.8. The number of hydrogen-bond donors (Lipinski definition) is 1. The van der Waals surface area contributed by atoms with Gasteiger partial charge in [-0.1, -0.05) is 13.8 Å². The van der Waals surface area contributed by atoms with Gasteiger partial charge in [-0.2, -0.15) is 9.37 Å². The van der Waals surface area contributed by atoms with Crippen molar-refractivity contribution in [2.24, 2.45) is 0 Å². The number of nitrogens with zero attached hydrogens (tertiary/aromatic N) is 2. The van der Waals surface area contributed by atoms with Crippen molar-refractivity contribution in [2.45, 2.75) is 26.8 Å². The minimum Gasteiger partial charge on any atom is -0.364 e. The Kier molecular flexibility index (Phi) is 5.40. The summed E-state index contributed by atoms with van der Waals surface area (Å²) < 4.78 is 39.0. The first kappa shape index (κ1) is 14.8. The average molecular weight is 261 g/mol. The highest BCUT2D eigenvalue weighted by Crippen LogP contribution is 2.15. The number of halogens is 3. The summed E-state index contributed by atoms with van der Waals surface area (Å²) in [6.45, 7) is 8.29. The fraction of sp³-hybridized carbons (Fsp3) is 0.583. The van der Waals surface area contributed by atoms with E-state index in [0.29, 0.717) is 12.6 Å². The molecule has 1 unspecified atom stereocenters. The summed E-state index contributed by atoms with van der Waals surface area (Å²) in [6, 6.07) is 0.381. The molecule has 0 saturated carbocycles. The lowest BCUT2D eigenvalue weighted by Gasteiger charge is -2.23. The largest absolute Gasteiger partial charge is 0.364 e. The van der Waals surface area contributed by atoms with E-state index in [4.69, 9.17) is 0 Å². The second-order valence-electron chi connectivity index (χ2n) is 4.12. The molecule has 1 atom stereocenters. The van der Waals surface area contributed by atoms with E-state index in [2.05, 4.69) is 15.2 Å². The van der Waals surface area contributed by atoms with Crippen LogP contribution in [0.1, 0.15) is 20.8 Å². The molecule has 0 bridgehead atoms. The Hall–Kier alpha value is -1.30. The van der Waals surface area contributed by atoms with Crippen LogP contribution in [-0.2, 0) is 0 Å². The van der Waals surface area contributed by atoms with E-state index in [1.165, 1.54) is 0 Å². The van der Waals surface area contributed by atoms with Gasteiger partial charge in [0.1, 0.15) is 0 Å².